The van der Waals surface area contributed by atoms with Crippen LogP contribution in [-0.2, 0) is 4.74 Å². The second-order valence-corrected chi connectivity index (χ2v) is 4.73. The standard InChI is InChI=1S/C10H18BrNO/c11-7-10-8-12(5-6-13-10)9-3-1-2-4-9/h9-10H,1-8H2. The monoisotopic (exact) mass is 247 g/mol. The SMILES string of the molecule is BrCC1CN(C2CCCC2)CCO1. The molecule has 2 aliphatic rings. The molecule has 13 heavy (non-hydrogen) atoms. The molecule has 2 nitrogen and oxygen atoms in total. The molecule has 1 saturated heterocycles. The average Bonchev–Trinajstić information content (AvgIpc) is 2.71. The molecule has 0 N–H and O–H groups in total. The Morgan fingerprint density at radius 1 is 1.31 bits per heavy atom. The highest BCUT2D eigenvalue weighted by Crippen LogP contribution is 2.25. The Morgan fingerprint density at radius 2 is 2.08 bits per heavy atom. The number of hydrogen-bond donors (Lipinski definition) is 0. The molecule has 0 spiro atoms. The summed E-state index contributed by atoms with van der Waals surface area (Å²) >= 11 is 3.50. The van der Waals surface area contributed by atoms with Gasteiger partial charge in [-0.05, 0) is 12.8 Å². The molecular formula is C10H18BrNO. The molecule has 1 aliphatic heterocycles. The average molecular weight is 248 g/mol. The first-order chi connectivity index (χ1) is 6.40. The van der Waals surface area contributed by atoms with Crippen LogP contribution in [0.15, 0.2) is 0 Å². The fraction of sp³-hybridized carbons (Fsp3) is 1.00. The Hall–Kier alpha value is 0.400. The van der Waals surface area contributed by atoms with Crippen LogP contribution in [0.5, 0.6) is 0 Å². The third-order valence-electron chi connectivity index (χ3n) is 3.18. The molecule has 1 aliphatic carbocycles. The number of nitrogens with zero attached hydrogens (tertiary/aromatic N) is 1. The maximum atomic E-state index is 5.63. The van der Waals surface area contributed by atoms with Gasteiger partial charge in [-0.2, -0.15) is 0 Å². The molecule has 1 atom stereocenters. The normalized spacial score (nSPS) is 32.5. The molecule has 0 aromatic rings. The van der Waals surface area contributed by atoms with Crippen molar-refractivity contribution >= 4 is 15.9 Å². The Morgan fingerprint density at radius 3 is 2.77 bits per heavy atom. The summed E-state index contributed by atoms with van der Waals surface area (Å²) in [6.45, 7) is 3.21. The highest BCUT2D eigenvalue weighted by Gasteiger charge is 2.27. The predicted molar refractivity (Wildman–Crippen MR) is 57.4 cm³/mol. The lowest BCUT2D eigenvalue weighted by Crippen LogP contribution is -2.47. The van der Waals surface area contributed by atoms with Gasteiger partial charge in [0.1, 0.15) is 0 Å². The minimum atomic E-state index is 0.425. The van der Waals surface area contributed by atoms with E-state index in [-0.39, 0.29) is 0 Å². The topological polar surface area (TPSA) is 12.5 Å². The number of rotatable bonds is 2. The van der Waals surface area contributed by atoms with Gasteiger partial charge < -0.3 is 4.74 Å². The summed E-state index contributed by atoms with van der Waals surface area (Å²) in [5, 5.41) is 0.982. The van der Waals surface area contributed by atoms with Crippen LogP contribution in [0, 0.1) is 0 Å². The van der Waals surface area contributed by atoms with Gasteiger partial charge in [-0.3, -0.25) is 4.90 Å². The zero-order chi connectivity index (χ0) is 9.10. The van der Waals surface area contributed by atoms with E-state index in [4.69, 9.17) is 4.74 Å². The van der Waals surface area contributed by atoms with Gasteiger partial charge in [-0.25, -0.2) is 0 Å². The van der Waals surface area contributed by atoms with Crippen molar-refractivity contribution in [2.24, 2.45) is 0 Å². The Labute approximate surface area is 88.8 Å². The van der Waals surface area contributed by atoms with Crippen LogP contribution in [0.3, 0.4) is 0 Å². The lowest BCUT2D eigenvalue weighted by Gasteiger charge is -2.36. The van der Waals surface area contributed by atoms with Crippen LogP contribution >= 0.6 is 15.9 Å². The molecule has 76 valence electrons. The third-order valence-corrected chi connectivity index (χ3v) is 3.91. The van der Waals surface area contributed by atoms with Crippen LogP contribution in [-0.4, -0.2) is 42.1 Å². The summed E-state index contributed by atoms with van der Waals surface area (Å²) in [6, 6.07) is 0.866. The molecule has 3 heteroatoms. The summed E-state index contributed by atoms with van der Waals surface area (Å²) in [4.78, 5) is 2.63. The van der Waals surface area contributed by atoms with Gasteiger partial charge in [-0.1, -0.05) is 28.8 Å². The number of alkyl halides is 1. The number of morpholine rings is 1. The number of hydrogen-bond acceptors (Lipinski definition) is 2. The molecule has 1 heterocycles. The van der Waals surface area contributed by atoms with E-state index in [0.717, 1.165) is 31.1 Å². The maximum absolute atomic E-state index is 5.63. The molecule has 0 radical (unpaired) electrons. The highest BCUT2D eigenvalue weighted by atomic mass is 79.9. The van der Waals surface area contributed by atoms with E-state index in [0.29, 0.717) is 6.10 Å². The van der Waals surface area contributed by atoms with E-state index in [2.05, 4.69) is 20.8 Å². The smallest absolute Gasteiger partial charge is 0.0799 e. The maximum Gasteiger partial charge on any atom is 0.0799 e. The Kier molecular flexibility index (Phi) is 3.64. The first kappa shape index (κ1) is 9.94. The summed E-state index contributed by atoms with van der Waals surface area (Å²) < 4.78 is 5.63. The molecule has 1 unspecified atom stereocenters. The van der Waals surface area contributed by atoms with E-state index in [1.54, 1.807) is 0 Å². The first-order valence-corrected chi connectivity index (χ1v) is 6.44. The highest BCUT2D eigenvalue weighted by molar-refractivity contribution is 9.09. The van der Waals surface area contributed by atoms with Crippen molar-refractivity contribution in [3.05, 3.63) is 0 Å². The molecule has 0 bridgehead atoms. The van der Waals surface area contributed by atoms with Gasteiger partial charge in [0.25, 0.3) is 0 Å². The van der Waals surface area contributed by atoms with Gasteiger partial charge in [0.05, 0.1) is 12.7 Å². The summed E-state index contributed by atoms with van der Waals surface area (Å²) in [5.41, 5.74) is 0. The van der Waals surface area contributed by atoms with Crippen LogP contribution in [0.1, 0.15) is 25.7 Å². The number of ether oxygens (including phenoxy) is 1. The summed E-state index contributed by atoms with van der Waals surface area (Å²) in [6.07, 6.45) is 6.11. The Balaban J connectivity index is 1.84. The van der Waals surface area contributed by atoms with Crippen molar-refractivity contribution in [1.82, 2.24) is 4.90 Å². The molecule has 2 fully saturated rings. The van der Waals surface area contributed by atoms with Crippen molar-refractivity contribution in [2.45, 2.75) is 37.8 Å². The van der Waals surface area contributed by atoms with E-state index >= 15 is 0 Å². The van der Waals surface area contributed by atoms with Crippen molar-refractivity contribution < 1.29 is 4.74 Å². The number of halogens is 1. The Bertz CT molecular complexity index is 159. The second-order valence-electron chi connectivity index (χ2n) is 4.08. The lowest BCUT2D eigenvalue weighted by molar-refractivity contribution is -0.0301. The minimum absolute atomic E-state index is 0.425. The molecule has 0 amide bonds. The first-order valence-electron chi connectivity index (χ1n) is 5.32. The van der Waals surface area contributed by atoms with Crippen molar-refractivity contribution in [3.63, 3.8) is 0 Å². The van der Waals surface area contributed by atoms with E-state index in [1.807, 2.05) is 0 Å². The van der Waals surface area contributed by atoms with Crippen LogP contribution in [0.2, 0.25) is 0 Å². The predicted octanol–water partition coefficient (Wildman–Crippen LogP) is 2.02. The molecule has 0 aromatic carbocycles. The summed E-state index contributed by atoms with van der Waals surface area (Å²) in [5.74, 6) is 0. The molecular weight excluding hydrogens is 230 g/mol. The van der Waals surface area contributed by atoms with Crippen LogP contribution < -0.4 is 0 Å². The van der Waals surface area contributed by atoms with Gasteiger partial charge in [0, 0.05) is 24.5 Å². The van der Waals surface area contributed by atoms with E-state index in [1.165, 1.54) is 25.7 Å². The zero-order valence-electron chi connectivity index (χ0n) is 8.04. The lowest BCUT2D eigenvalue weighted by atomic mass is 10.2. The fourth-order valence-electron chi connectivity index (χ4n) is 2.44. The van der Waals surface area contributed by atoms with Crippen LogP contribution in [0.4, 0.5) is 0 Å². The molecule has 2 rings (SSSR count). The zero-order valence-corrected chi connectivity index (χ0v) is 9.63. The molecule has 0 aromatic heterocycles. The fourth-order valence-corrected chi connectivity index (χ4v) is 2.83. The second kappa shape index (κ2) is 4.76. The van der Waals surface area contributed by atoms with Crippen molar-refractivity contribution in [3.8, 4) is 0 Å². The molecule has 1 saturated carbocycles. The largest absolute Gasteiger partial charge is 0.375 e. The van der Waals surface area contributed by atoms with E-state index < -0.39 is 0 Å². The van der Waals surface area contributed by atoms with Gasteiger partial charge in [-0.15, -0.1) is 0 Å². The summed E-state index contributed by atoms with van der Waals surface area (Å²) in [7, 11) is 0. The van der Waals surface area contributed by atoms with Gasteiger partial charge >= 0.3 is 0 Å². The van der Waals surface area contributed by atoms with Gasteiger partial charge in [0.2, 0.25) is 0 Å². The third kappa shape index (κ3) is 2.45. The van der Waals surface area contributed by atoms with Gasteiger partial charge in [0.15, 0.2) is 0 Å². The minimum Gasteiger partial charge on any atom is -0.375 e. The van der Waals surface area contributed by atoms with Crippen LogP contribution in [0.25, 0.3) is 0 Å². The van der Waals surface area contributed by atoms with Crippen molar-refractivity contribution in [1.29, 1.82) is 0 Å². The quantitative estimate of drug-likeness (QED) is 0.693. The van der Waals surface area contributed by atoms with E-state index in [9.17, 15) is 0 Å². The van der Waals surface area contributed by atoms with Crippen molar-refractivity contribution in [2.75, 3.05) is 25.0 Å².